The van der Waals surface area contributed by atoms with Crippen molar-refractivity contribution in [2.24, 2.45) is 0 Å². The largest absolute Gasteiger partial charge is 0.348 e. The molecule has 0 aliphatic heterocycles. The number of thiazole rings is 1. The summed E-state index contributed by atoms with van der Waals surface area (Å²) in [6, 6.07) is 6.18. The molecule has 5 heteroatoms. The Morgan fingerprint density at radius 1 is 1.29 bits per heavy atom. The van der Waals surface area contributed by atoms with Crippen LogP contribution < -0.4 is 5.32 Å². The Balaban J connectivity index is 2.06. The van der Waals surface area contributed by atoms with Crippen LogP contribution in [-0.4, -0.2) is 16.4 Å². The molecule has 0 saturated carbocycles. The van der Waals surface area contributed by atoms with E-state index in [9.17, 15) is 9.18 Å². The van der Waals surface area contributed by atoms with Gasteiger partial charge in [-0.25, -0.2) is 9.37 Å². The molecule has 21 heavy (non-hydrogen) atoms. The highest BCUT2D eigenvalue weighted by molar-refractivity contribution is 7.10. The van der Waals surface area contributed by atoms with E-state index in [2.05, 4.69) is 10.3 Å². The summed E-state index contributed by atoms with van der Waals surface area (Å²) in [7, 11) is 0. The van der Waals surface area contributed by atoms with Crippen LogP contribution in [0.4, 0.5) is 4.39 Å². The van der Waals surface area contributed by atoms with Crippen molar-refractivity contribution in [3.63, 3.8) is 0 Å². The van der Waals surface area contributed by atoms with Crippen LogP contribution in [0.5, 0.6) is 0 Å². The topological polar surface area (TPSA) is 42.0 Å². The molecule has 0 atom stereocenters. The summed E-state index contributed by atoms with van der Waals surface area (Å²) in [5.41, 5.74) is 1.37. The van der Waals surface area contributed by atoms with E-state index >= 15 is 0 Å². The number of nitrogens with zero attached hydrogens (tertiary/aromatic N) is 1. The maximum absolute atomic E-state index is 12.9. The molecule has 1 aromatic carbocycles. The molecule has 0 fully saturated rings. The minimum Gasteiger partial charge on any atom is -0.348 e. The number of aromatic nitrogens is 1. The monoisotopic (exact) mass is 304 g/mol. The second-order valence-electron chi connectivity index (χ2n) is 5.65. The van der Waals surface area contributed by atoms with Crippen LogP contribution in [-0.2, 0) is 4.79 Å². The lowest BCUT2D eigenvalue weighted by Gasteiger charge is -2.18. The van der Waals surface area contributed by atoms with Gasteiger partial charge in [0.2, 0.25) is 5.91 Å². The van der Waals surface area contributed by atoms with Gasteiger partial charge in [-0.3, -0.25) is 4.79 Å². The normalized spacial score (nSPS) is 11.8. The minimum absolute atomic E-state index is 0.152. The van der Waals surface area contributed by atoms with E-state index in [1.807, 2.05) is 26.2 Å². The third kappa shape index (κ3) is 4.79. The molecule has 1 aromatic heterocycles. The number of carbonyl (C=O) groups is 1. The number of nitrogens with one attached hydrogen (secondary N) is 1. The number of hydrogen-bond donors (Lipinski definition) is 1. The van der Waals surface area contributed by atoms with Crippen LogP contribution in [0.3, 0.4) is 0 Å². The van der Waals surface area contributed by atoms with Crippen molar-refractivity contribution in [3.8, 4) is 11.3 Å². The highest BCUT2D eigenvalue weighted by atomic mass is 32.1. The second kappa shape index (κ2) is 6.18. The average molecular weight is 304 g/mol. The van der Waals surface area contributed by atoms with Gasteiger partial charge >= 0.3 is 0 Å². The zero-order valence-electron chi connectivity index (χ0n) is 12.2. The molecule has 0 radical (unpaired) electrons. The summed E-state index contributed by atoms with van der Waals surface area (Å²) in [6.07, 6.45) is 3.15. The maximum atomic E-state index is 12.9. The Morgan fingerprint density at radius 2 is 1.95 bits per heavy atom. The van der Waals surface area contributed by atoms with E-state index in [1.165, 1.54) is 29.5 Å². The summed E-state index contributed by atoms with van der Waals surface area (Å²) in [5, 5.41) is 5.46. The molecule has 0 spiro atoms. The van der Waals surface area contributed by atoms with E-state index in [0.29, 0.717) is 0 Å². The van der Waals surface area contributed by atoms with Crippen molar-refractivity contribution in [2.45, 2.75) is 26.3 Å². The van der Waals surface area contributed by atoms with Crippen molar-refractivity contribution in [3.05, 3.63) is 46.5 Å². The number of carbonyl (C=O) groups excluding carboxylic acids is 1. The fourth-order valence-electron chi connectivity index (χ4n) is 1.68. The van der Waals surface area contributed by atoms with E-state index in [-0.39, 0.29) is 17.3 Å². The summed E-state index contributed by atoms with van der Waals surface area (Å²) in [4.78, 5) is 16.1. The first-order chi connectivity index (χ1) is 9.83. The predicted molar refractivity (Wildman–Crippen MR) is 84.4 cm³/mol. The lowest BCUT2D eigenvalue weighted by Crippen LogP contribution is -2.39. The molecule has 1 amide bonds. The Labute approximate surface area is 127 Å². The van der Waals surface area contributed by atoms with Crippen molar-refractivity contribution in [1.29, 1.82) is 0 Å². The van der Waals surface area contributed by atoms with Gasteiger partial charge in [-0.15, -0.1) is 11.3 Å². The van der Waals surface area contributed by atoms with E-state index in [4.69, 9.17) is 0 Å². The Bertz CT molecular complexity index is 654. The third-order valence-electron chi connectivity index (χ3n) is 2.54. The quantitative estimate of drug-likeness (QED) is 0.874. The highest BCUT2D eigenvalue weighted by Gasteiger charge is 2.11. The first-order valence-corrected chi connectivity index (χ1v) is 7.43. The van der Waals surface area contributed by atoms with E-state index in [0.717, 1.165) is 16.3 Å². The molecule has 1 heterocycles. The molecule has 3 nitrogen and oxygen atoms in total. The standard InChI is InChI=1S/C16H17FN2OS/c1-16(2,3)19-14(20)8-9-15-18-13(10-21-15)11-4-6-12(17)7-5-11/h4-10H,1-3H3,(H,19,20). The molecule has 110 valence electrons. The van der Waals surface area contributed by atoms with Crippen LogP contribution >= 0.6 is 11.3 Å². The predicted octanol–water partition coefficient (Wildman–Crippen LogP) is 3.88. The molecule has 0 bridgehead atoms. The van der Waals surface area contributed by atoms with Gasteiger partial charge in [0.05, 0.1) is 5.69 Å². The molecule has 0 saturated heterocycles. The van der Waals surface area contributed by atoms with Crippen LogP contribution in [0.1, 0.15) is 25.8 Å². The van der Waals surface area contributed by atoms with Crippen molar-refractivity contribution >= 4 is 23.3 Å². The van der Waals surface area contributed by atoms with E-state index < -0.39 is 0 Å². The number of amides is 1. The Morgan fingerprint density at radius 3 is 2.57 bits per heavy atom. The molecule has 2 aromatic rings. The fraction of sp³-hybridized carbons (Fsp3) is 0.250. The van der Waals surface area contributed by atoms with Gasteiger partial charge < -0.3 is 5.32 Å². The summed E-state index contributed by atoms with van der Waals surface area (Å²) < 4.78 is 12.9. The average Bonchev–Trinajstić information content (AvgIpc) is 2.84. The zero-order chi connectivity index (χ0) is 15.5. The van der Waals surface area contributed by atoms with Crippen LogP contribution in [0.15, 0.2) is 35.7 Å². The number of hydrogen-bond acceptors (Lipinski definition) is 3. The number of halogens is 1. The Hall–Kier alpha value is -2.01. The molecule has 1 N–H and O–H groups in total. The Kier molecular flexibility index (Phi) is 4.53. The molecule has 0 unspecified atom stereocenters. The summed E-state index contributed by atoms with van der Waals surface area (Å²) in [5.74, 6) is -0.422. The van der Waals surface area contributed by atoms with Crippen molar-refractivity contribution in [2.75, 3.05) is 0 Å². The number of benzene rings is 1. The first-order valence-electron chi connectivity index (χ1n) is 6.55. The lowest BCUT2D eigenvalue weighted by atomic mass is 10.1. The molecule has 0 aliphatic carbocycles. The second-order valence-corrected chi connectivity index (χ2v) is 6.54. The van der Waals surface area contributed by atoms with Gasteiger partial charge in [0.15, 0.2) is 0 Å². The molecular formula is C16H17FN2OS. The maximum Gasteiger partial charge on any atom is 0.244 e. The van der Waals surface area contributed by atoms with E-state index in [1.54, 1.807) is 18.2 Å². The molecule has 2 rings (SSSR count). The number of rotatable bonds is 3. The zero-order valence-corrected chi connectivity index (χ0v) is 13.0. The SMILES string of the molecule is CC(C)(C)NC(=O)C=Cc1nc(-c2ccc(F)cc2)cs1. The minimum atomic E-state index is -0.270. The van der Waals surface area contributed by atoms with Gasteiger partial charge in [-0.1, -0.05) is 0 Å². The van der Waals surface area contributed by atoms with Gasteiger partial charge in [0.25, 0.3) is 0 Å². The van der Waals surface area contributed by atoms with Gasteiger partial charge in [0.1, 0.15) is 10.8 Å². The van der Waals surface area contributed by atoms with Crippen LogP contribution in [0, 0.1) is 5.82 Å². The van der Waals surface area contributed by atoms with Gasteiger partial charge in [0, 0.05) is 22.6 Å². The summed E-state index contributed by atoms with van der Waals surface area (Å²) in [6.45, 7) is 5.78. The summed E-state index contributed by atoms with van der Waals surface area (Å²) >= 11 is 1.44. The first kappa shape index (κ1) is 15.4. The van der Waals surface area contributed by atoms with Gasteiger partial charge in [-0.2, -0.15) is 0 Å². The smallest absolute Gasteiger partial charge is 0.244 e. The lowest BCUT2D eigenvalue weighted by molar-refractivity contribution is -0.117. The van der Waals surface area contributed by atoms with Crippen molar-refractivity contribution < 1.29 is 9.18 Å². The van der Waals surface area contributed by atoms with Crippen molar-refractivity contribution in [1.82, 2.24) is 10.3 Å². The molecular weight excluding hydrogens is 287 g/mol. The van der Waals surface area contributed by atoms with Gasteiger partial charge in [-0.05, 0) is 51.1 Å². The third-order valence-corrected chi connectivity index (χ3v) is 3.35. The van der Waals surface area contributed by atoms with Crippen LogP contribution in [0.25, 0.3) is 17.3 Å². The highest BCUT2D eigenvalue weighted by Crippen LogP contribution is 2.22. The fourth-order valence-corrected chi connectivity index (χ4v) is 2.39. The van der Waals surface area contributed by atoms with Crippen LogP contribution in [0.2, 0.25) is 0 Å². The molecule has 0 aliphatic rings.